The molecule has 1 aliphatic rings. The maximum absolute atomic E-state index is 12.4. The Labute approximate surface area is 152 Å². The van der Waals surface area contributed by atoms with Crippen molar-refractivity contribution in [2.75, 3.05) is 28.7 Å². The number of ether oxygens (including phenoxy) is 1. The molecule has 1 aliphatic heterocycles. The van der Waals surface area contributed by atoms with Gasteiger partial charge >= 0.3 is 0 Å². The minimum Gasteiger partial charge on any atom is -0.492 e. The molecule has 0 aliphatic carbocycles. The van der Waals surface area contributed by atoms with Gasteiger partial charge in [0.25, 0.3) is 5.91 Å². The third-order valence-corrected chi connectivity index (χ3v) is 5.80. The van der Waals surface area contributed by atoms with Gasteiger partial charge in [-0.1, -0.05) is 12.1 Å². The zero-order valence-corrected chi connectivity index (χ0v) is 15.3. The Morgan fingerprint density at radius 1 is 1.27 bits per heavy atom. The molecule has 1 unspecified atom stereocenters. The summed E-state index contributed by atoms with van der Waals surface area (Å²) in [4.78, 5) is 16.5. The first kappa shape index (κ1) is 18.2. The summed E-state index contributed by atoms with van der Waals surface area (Å²) in [6.07, 6.45) is 2.12. The Morgan fingerprint density at radius 3 is 2.73 bits per heavy atom. The van der Waals surface area contributed by atoms with Gasteiger partial charge in [0, 0.05) is 6.04 Å². The van der Waals surface area contributed by atoms with Crippen LogP contribution in [-0.2, 0) is 9.84 Å². The Hall–Kier alpha value is -2.61. The zero-order valence-electron chi connectivity index (χ0n) is 14.4. The van der Waals surface area contributed by atoms with Gasteiger partial charge in [-0.15, -0.1) is 0 Å². The number of hydrogen-bond donors (Lipinski definition) is 2. The first-order valence-corrected chi connectivity index (χ1v) is 10.2. The zero-order chi connectivity index (χ0) is 18.6. The molecule has 1 amide bonds. The van der Waals surface area contributed by atoms with Crippen molar-refractivity contribution in [3.8, 4) is 5.75 Å². The van der Waals surface area contributed by atoms with Crippen LogP contribution in [0, 0.1) is 0 Å². The minimum atomic E-state index is -2.94. The van der Waals surface area contributed by atoms with Crippen molar-refractivity contribution >= 4 is 27.1 Å². The summed E-state index contributed by atoms with van der Waals surface area (Å²) in [5.74, 6) is 0.595. The van der Waals surface area contributed by atoms with E-state index in [4.69, 9.17) is 4.74 Å². The maximum atomic E-state index is 12.4. The van der Waals surface area contributed by atoms with E-state index in [0.29, 0.717) is 30.2 Å². The number of aromatic nitrogens is 1. The molecule has 7 nitrogen and oxygen atoms in total. The van der Waals surface area contributed by atoms with Crippen LogP contribution in [0.25, 0.3) is 0 Å². The molecule has 1 aromatic carbocycles. The second kappa shape index (κ2) is 7.74. The summed E-state index contributed by atoms with van der Waals surface area (Å²) in [5, 5.41) is 5.93. The number of amides is 1. The molecule has 0 radical (unpaired) electrons. The highest BCUT2D eigenvalue weighted by molar-refractivity contribution is 7.91. The second-order valence-corrected chi connectivity index (χ2v) is 8.29. The number of carbonyl (C=O) groups excluding carboxylic acids is 1. The largest absolute Gasteiger partial charge is 0.492 e. The van der Waals surface area contributed by atoms with E-state index < -0.39 is 9.84 Å². The van der Waals surface area contributed by atoms with Gasteiger partial charge < -0.3 is 15.4 Å². The highest BCUT2D eigenvalue weighted by atomic mass is 32.2. The number of nitrogens with one attached hydrogen (secondary N) is 2. The highest BCUT2D eigenvalue weighted by Crippen LogP contribution is 2.24. The molecule has 0 saturated carbocycles. The van der Waals surface area contributed by atoms with E-state index >= 15 is 0 Å². The lowest BCUT2D eigenvalue weighted by atomic mass is 10.2. The molecule has 1 aromatic heterocycles. The van der Waals surface area contributed by atoms with E-state index in [-0.39, 0.29) is 29.1 Å². The van der Waals surface area contributed by atoms with Crippen molar-refractivity contribution in [3.63, 3.8) is 0 Å². The van der Waals surface area contributed by atoms with Crippen molar-refractivity contribution in [2.45, 2.75) is 19.4 Å². The van der Waals surface area contributed by atoms with Gasteiger partial charge in [0.05, 0.1) is 35.7 Å². The quantitative estimate of drug-likeness (QED) is 0.804. The normalized spacial score (nSPS) is 18.3. The SMILES string of the molecule is CCOc1ccccc1NC(=O)c1ccc(NC2CCS(=O)(=O)C2)cn1. The number of benzene rings is 1. The second-order valence-electron chi connectivity index (χ2n) is 6.06. The lowest BCUT2D eigenvalue weighted by Crippen LogP contribution is -2.21. The predicted octanol–water partition coefficient (Wildman–Crippen LogP) is 2.33. The molecule has 2 N–H and O–H groups in total. The number of rotatable bonds is 6. The lowest BCUT2D eigenvalue weighted by Gasteiger charge is -2.13. The smallest absolute Gasteiger partial charge is 0.274 e. The summed E-state index contributed by atoms with van der Waals surface area (Å²) in [5.41, 5.74) is 1.54. The fourth-order valence-corrected chi connectivity index (χ4v) is 4.47. The Bertz CT molecular complexity index is 882. The Balaban J connectivity index is 1.64. The fraction of sp³-hybridized carbons (Fsp3) is 0.333. The van der Waals surface area contributed by atoms with Gasteiger partial charge in [-0.25, -0.2) is 13.4 Å². The van der Waals surface area contributed by atoms with Gasteiger partial charge in [-0.05, 0) is 37.6 Å². The maximum Gasteiger partial charge on any atom is 0.274 e. The van der Waals surface area contributed by atoms with Gasteiger partial charge in [0.2, 0.25) is 0 Å². The van der Waals surface area contributed by atoms with Crippen molar-refractivity contribution in [2.24, 2.45) is 0 Å². The van der Waals surface area contributed by atoms with Gasteiger partial charge in [-0.2, -0.15) is 0 Å². The first-order valence-electron chi connectivity index (χ1n) is 8.43. The average molecular weight is 375 g/mol. The molecular weight excluding hydrogens is 354 g/mol. The number of pyridine rings is 1. The summed E-state index contributed by atoms with van der Waals surface area (Å²) in [6.45, 7) is 2.38. The monoisotopic (exact) mass is 375 g/mol. The van der Waals surface area contributed by atoms with Crippen LogP contribution in [0.4, 0.5) is 11.4 Å². The number of carbonyl (C=O) groups is 1. The van der Waals surface area contributed by atoms with E-state index in [2.05, 4.69) is 15.6 Å². The fourth-order valence-electron chi connectivity index (χ4n) is 2.80. The van der Waals surface area contributed by atoms with Crippen LogP contribution in [0.15, 0.2) is 42.6 Å². The first-order chi connectivity index (χ1) is 12.5. The number of anilines is 2. The average Bonchev–Trinajstić information content (AvgIpc) is 2.96. The van der Waals surface area contributed by atoms with Crippen molar-refractivity contribution in [1.29, 1.82) is 0 Å². The predicted molar refractivity (Wildman–Crippen MR) is 100 cm³/mol. The van der Waals surface area contributed by atoms with E-state index in [1.807, 2.05) is 19.1 Å². The van der Waals surface area contributed by atoms with E-state index in [1.165, 1.54) is 6.20 Å². The number of nitrogens with zero attached hydrogens (tertiary/aromatic N) is 1. The molecule has 2 aromatic rings. The number of hydrogen-bond acceptors (Lipinski definition) is 6. The molecular formula is C18H21N3O4S. The highest BCUT2D eigenvalue weighted by Gasteiger charge is 2.27. The van der Waals surface area contributed by atoms with Crippen LogP contribution in [0.2, 0.25) is 0 Å². The molecule has 1 atom stereocenters. The molecule has 138 valence electrons. The third-order valence-electron chi connectivity index (χ3n) is 4.03. The molecule has 1 fully saturated rings. The van der Waals surface area contributed by atoms with Crippen LogP contribution in [0.3, 0.4) is 0 Å². The molecule has 0 spiro atoms. The van der Waals surface area contributed by atoms with Gasteiger partial charge in [0.15, 0.2) is 9.84 Å². The molecule has 2 heterocycles. The Kier molecular flexibility index (Phi) is 5.41. The molecule has 1 saturated heterocycles. The number of sulfone groups is 1. The lowest BCUT2D eigenvalue weighted by molar-refractivity contribution is 0.102. The summed E-state index contributed by atoms with van der Waals surface area (Å²) in [6, 6.07) is 10.4. The van der Waals surface area contributed by atoms with Crippen LogP contribution < -0.4 is 15.4 Å². The topological polar surface area (TPSA) is 97.4 Å². The standard InChI is InChI=1S/C18H21N3O4S/c1-2-25-17-6-4-3-5-15(17)21-18(22)16-8-7-13(11-19-16)20-14-9-10-26(23,24)12-14/h3-8,11,14,20H,2,9-10,12H2,1H3,(H,21,22). The molecule has 0 bridgehead atoms. The van der Waals surface area contributed by atoms with E-state index in [1.54, 1.807) is 24.3 Å². The Morgan fingerprint density at radius 2 is 2.08 bits per heavy atom. The summed E-state index contributed by atoms with van der Waals surface area (Å²) < 4.78 is 28.5. The minimum absolute atomic E-state index is 0.112. The number of para-hydroxylation sites is 2. The van der Waals surface area contributed by atoms with Crippen LogP contribution in [-0.4, -0.2) is 43.5 Å². The van der Waals surface area contributed by atoms with Crippen LogP contribution >= 0.6 is 0 Å². The summed E-state index contributed by atoms with van der Waals surface area (Å²) in [7, 11) is -2.94. The van der Waals surface area contributed by atoms with Gasteiger partial charge in [0.1, 0.15) is 11.4 Å². The van der Waals surface area contributed by atoms with Crippen molar-refractivity contribution in [1.82, 2.24) is 4.98 Å². The van der Waals surface area contributed by atoms with Crippen molar-refractivity contribution in [3.05, 3.63) is 48.3 Å². The van der Waals surface area contributed by atoms with Crippen LogP contribution in [0.1, 0.15) is 23.8 Å². The molecule has 3 rings (SSSR count). The van der Waals surface area contributed by atoms with Gasteiger partial charge in [-0.3, -0.25) is 4.79 Å². The van der Waals surface area contributed by atoms with Crippen LogP contribution in [0.5, 0.6) is 5.75 Å². The van der Waals surface area contributed by atoms with E-state index in [0.717, 1.165) is 0 Å². The van der Waals surface area contributed by atoms with Crippen molar-refractivity contribution < 1.29 is 17.9 Å². The molecule has 26 heavy (non-hydrogen) atoms. The third kappa shape index (κ3) is 4.51. The van der Waals surface area contributed by atoms with E-state index in [9.17, 15) is 13.2 Å². The summed E-state index contributed by atoms with van der Waals surface area (Å²) >= 11 is 0. The molecule has 8 heteroatoms.